The molecule has 2 fully saturated rings. The third-order valence-corrected chi connectivity index (χ3v) is 5.99. The second kappa shape index (κ2) is 7.59. The van der Waals surface area contributed by atoms with Gasteiger partial charge in [0, 0.05) is 36.1 Å². The van der Waals surface area contributed by atoms with Gasteiger partial charge in [-0.3, -0.25) is 0 Å². The van der Waals surface area contributed by atoms with Crippen LogP contribution in [-0.4, -0.2) is 36.2 Å². The number of aliphatic imine (C=N–C) groups is 1. The molecule has 6 heteroatoms. The fourth-order valence-electron chi connectivity index (χ4n) is 4.45. The molecule has 2 aromatic rings. The SMILES string of the molecule is CCNC(=NCc1coc(-c2ccc(C)cc2)n1)NC1C2CCOC2C1(C)C. The van der Waals surface area contributed by atoms with Gasteiger partial charge in [0.1, 0.15) is 12.0 Å². The van der Waals surface area contributed by atoms with Crippen LogP contribution in [0.25, 0.3) is 11.5 Å². The average Bonchev–Trinajstić information content (AvgIpc) is 3.33. The summed E-state index contributed by atoms with van der Waals surface area (Å²) in [4.78, 5) is 9.33. The normalized spacial score (nSPS) is 25.9. The molecule has 4 rings (SSSR count). The van der Waals surface area contributed by atoms with Crippen LogP contribution >= 0.6 is 0 Å². The standard InChI is InChI=1S/C22H30N4O2/c1-5-23-21(26-18-17-10-11-27-19(17)22(18,3)4)24-12-16-13-28-20(25-16)15-8-6-14(2)7-9-15/h6-9,13,17-19H,5,10-12H2,1-4H3,(H2,23,24,26). The van der Waals surface area contributed by atoms with Gasteiger partial charge in [-0.2, -0.15) is 0 Å². The van der Waals surface area contributed by atoms with E-state index in [1.807, 2.05) is 12.1 Å². The van der Waals surface area contributed by atoms with E-state index in [0.29, 0.717) is 30.5 Å². The number of nitrogens with one attached hydrogen (secondary N) is 2. The number of aryl methyl sites for hydroxylation is 1. The Morgan fingerprint density at radius 3 is 2.82 bits per heavy atom. The summed E-state index contributed by atoms with van der Waals surface area (Å²) in [6.07, 6.45) is 3.17. The van der Waals surface area contributed by atoms with Crippen LogP contribution in [0.5, 0.6) is 0 Å². The summed E-state index contributed by atoms with van der Waals surface area (Å²) in [5.41, 5.74) is 3.14. The maximum Gasteiger partial charge on any atom is 0.226 e. The summed E-state index contributed by atoms with van der Waals surface area (Å²) in [5.74, 6) is 2.03. The Morgan fingerprint density at radius 1 is 1.29 bits per heavy atom. The van der Waals surface area contributed by atoms with Crippen LogP contribution in [0.15, 0.2) is 39.9 Å². The number of hydrogen-bond acceptors (Lipinski definition) is 4. The quantitative estimate of drug-likeness (QED) is 0.612. The molecule has 1 aromatic carbocycles. The summed E-state index contributed by atoms with van der Waals surface area (Å²) in [5, 5.41) is 6.99. The number of benzene rings is 1. The van der Waals surface area contributed by atoms with Gasteiger partial charge < -0.3 is 19.8 Å². The lowest BCUT2D eigenvalue weighted by Gasteiger charge is -2.54. The van der Waals surface area contributed by atoms with Crippen LogP contribution in [0.2, 0.25) is 0 Å². The molecule has 0 amide bonds. The Bertz CT molecular complexity index is 840. The van der Waals surface area contributed by atoms with E-state index in [9.17, 15) is 0 Å². The second-order valence-electron chi connectivity index (χ2n) is 8.39. The Kier molecular flexibility index (Phi) is 5.15. The van der Waals surface area contributed by atoms with E-state index in [2.05, 4.69) is 55.4 Å². The van der Waals surface area contributed by atoms with Gasteiger partial charge in [0.25, 0.3) is 0 Å². The lowest BCUT2D eigenvalue weighted by Crippen LogP contribution is -2.67. The fraction of sp³-hybridized carbons (Fsp3) is 0.545. The molecule has 1 saturated heterocycles. The van der Waals surface area contributed by atoms with Crippen LogP contribution in [0, 0.1) is 18.3 Å². The monoisotopic (exact) mass is 382 g/mol. The fourth-order valence-corrected chi connectivity index (χ4v) is 4.45. The molecule has 6 nitrogen and oxygen atoms in total. The molecule has 2 aliphatic rings. The Balaban J connectivity index is 1.43. The molecule has 1 aromatic heterocycles. The first-order valence-corrected chi connectivity index (χ1v) is 10.2. The summed E-state index contributed by atoms with van der Waals surface area (Å²) >= 11 is 0. The van der Waals surface area contributed by atoms with Crippen molar-refractivity contribution in [3.8, 4) is 11.5 Å². The van der Waals surface area contributed by atoms with Gasteiger partial charge in [0.15, 0.2) is 5.96 Å². The van der Waals surface area contributed by atoms with E-state index in [-0.39, 0.29) is 5.41 Å². The maximum atomic E-state index is 5.90. The van der Waals surface area contributed by atoms with E-state index in [1.54, 1.807) is 6.26 Å². The molecular weight excluding hydrogens is 352 g/mol. The first-order valence-electron chi connectivity index (χ1n) is 10.2. The largest absolute Gasteiger partial charge is 0.444 e. The van der Waals surface area contributed by atoms with E-state index < -0.39 is 0 Å². The minimum absolute atomic E-state index is 0.115. The number of oxazole rings is 1. The number of aromatic nitrogens is 1. The average molecular weight is 383 g/mol. The third-order valence-electron chi connectivity index (χ3n) is 5.99. The summed E-state index contributed by atoms with van der Waals surface area (Å²) < 4.78 is 11.5. The van der Waals surface area contributed by atoms with Crippen molar-refractivity contribution in [2.45, 2.75) is 52.8 Å². The molecule has 1 aliphatic heterocycles. The molecular formula is C22H30N4O2. The second-order valence-corrected chi connectivity index (χ2v) is 8.39. The van der Waals surface area contributed by atoms with Crippen molar-refractivity contribution in [3.05, 3.63) is 41.8 Å². The van der Waals surface area contributed by atoms with Crippen LogP contribution in [0.4, 0.5) is 0 Å². The highest BCUT2D eigenvalue weighted by Gasteiger charge is 2.59. The Morgan fingerprint density at radius 2 is 2.07 bits per heavy atom. The van der Waals surface area contributed by atoms with E-state index in [4.69, 9.17) is 14.1 Å². The summed E-state index contributed by atoms with van der Waals surface area (Å²) in [6.45, 7) is 10.8. The molecule has 150 valence electrons. The van der Waals surface area contributed by atoms with Gasteiger partial charge in [-0.1, -0.05) is 31.5 Å². The van der Waals surface area contributed by atoms with Gasteiger partial charge in [-0.15, -0.1) is 0 Å². The Labute approximate surface area is 166 Å². The van der Waals surface area contributed by atoms with Gasteiger partial charge in [-0.05, 0) is 32.4 Å². The molecule has 28 heavy (non-hydrogen) atoms. The van der Waals surface area contributed by atoms with Crippen LogP contribution < -0.4 is 10.6 Å². The number of guanidine groups is 1. The lowest BCUT2D eigenvalue weighted by atomic mass is 9.57. The van der Waals surface area contributed by atoms with Crippen LogP contribution in [0.3, 0.4) is 0 Å². The van der Waals surface area contributed by atoms with Gasteiger partial charge >= 0.3 is 0 Å². The third kappa shape index (κ3) is 3.53. The first kappa shape index (κ1) is 19.0. The molecule has 3 unspecified atom stereocenters. The van der Waals surface area contributed by atoms with Crippen molar-refractivity contribution >= 4 is 5.96 Å². The number of rotatable bonds is 5. The highest BCUT2D eigenvalue weighted by molar-refractivity contribution is 5.80. The summed E-state index contributed by atoms with van der Waals surface area (Å²) in [6, 6.07) is 8.55. The minimum atomic E-state index is 0.115. The molecule has 1 saturated carbocycles. The van der Waals surface area contributed by atoms with Crippen molar-refractivity contribution in [3.63, 3.8) is 0 Å². The zero-order valence-corrected chi connectivity index (χ0v) is 17.2. The zero-order valence-electron chi connectivity index (χ0n) is 17.2. The van der Waals surface area contributed by atoms with Gasteiger partial charge in [-0.25, -0.2) is 9.98 Å². The number of fused-ring (bicyclic) bond motifs is 1. The first-order chi connectivity index (χ1) is 13.5. The van der Waals surface area contributed by atoms with E-state index in [0.717, 1.165) is 36.8 Å². The van der Waals surface area contributed by atoms with Gasteiger partial charge in [0.05, 0.1) is 12.6 Å². The topological polar surface area (TPSA) is 71.7 Å². The van der Waals surface area contributed by atoms with E-state index in [1.165, 1.54) is 5.56 Å². The Hall–Kier alpha value is -2.34. The van der Waals surface area contributed by atoms with Crippen LogP contribution in [-0.2, 0) is 11.3 Å². The van der Waals surface area contributed by atoms with Crippen molar-refractivity contribution in [2.24, 2.45) is 16.3 Å². The maximum absolute atomic E-state index is 5.90. The predicted octanol–water partition coefficient (Wildman–Crippen LogP) is 3.52. The molecule has 0 bridgehead atoms. The van der Waals surface area contributed by atoms with Crippen molar-refractivity contribution in [1.82, 2.24) is 15.6 Å². The predicted molar refractivity (Wildman–Crippen MR) is 110 cm³/mol. The number of ether oxygens (including phenoxy) is 1. The number of nitrogens with zero attached hydrogens (tertiary/aromatic N) is 2. The summed E-state index contributed by atoms with van der Waals surface area (Å²) in [7, 11) is 0. The van der Waals surface area contributed by atoms with Gasteiger partial charge in [0.2, 0.25) is 5.89 Å². The molecule has 2 heterocycles. The minimum Gasteiger partial charge on any atom is -0.444 e. The van der Waals surface area contributed by atoms with E-state index >= 15 is 0 Å². The smallest absolute Gasteiger partial charge is 0.226 e. The molecule has 0 spiro atoms. The molecule has 0 radical (unpaired) electrons. The van der Waals surface area contributed by atoms with Crippen molar-refractivity contribution in [1.29, 1.82) is 0 Å². The highest BCUT2D eigenvalue weighted by Crippen LogP contribution is 2.52. The molecule has 1 aliphatic carbocycles. The number of hydrogen-bond donors (Lipinski definition) is 2. The zero-order chi connectivity index (χ0) is 19.7. The highest BCUT2D eigenvalue weighted by atomic mass is 16.5. The van der Waals surface area contributed by atoms with Crippen molar-refractivity contribution < 1.29 is 9.15 Å². The van der Waals surface area contributed by atoms with Crippen LogP contribution in [0.1, 0.15) is 38.4 Å². The molecule has 3 atom stereocenters. The molecule has 2 N–H and O–H groups in total. The lowest BCUT2D eigenvalue weighted by molar-refractivity contribution is -0.106. The van der Waals surface area contributed by atoms with Crippen molar-refractivity contribution in [2.75, 3.05) is 13.2 Å².